The predicted octanol–water partition coefficient (Wildman–Crippen LogP) is 4.16. The molecule has 30 heavy (non-hydrogen) atoms. The smallest absolute Gasteiger partial charge is 0.260 e. The summed E-state index contributed by atoms with van der Waals surface area (Å²) in [5, 5.41) is 2.83. The first kappa shape index (κ1) is 17.9. The molecule has 1 aliphatic heterocycles. The predicted molar refractivity (Wildman–Crippen MR) is 119 cm³/mol. The second kappa shape index (κ2) is 6.81. The maximum Gasteiger partial charge on any atom is 0.260 e. The number of fused-ring (bicyclic) bond motifs is 4. The Kier molecular flexibility index (Phi) is 4.06. The molecule has 4 aromatic rings. The molecule has 3 unspecified atom stereocenters. The summed E-state index contributed by atoms with van der Waals surface area (Å²) < 4.78 is 1.76. The van der Waals surface area contributed by atoms with Gasteiger partial charge < -0.3 is 9.55 Å². The summed E-state index contributed by atoms with van der Waals surface area (Å²) in [5.74, 6) is 1.78. The van der Waals surface area contributed by atoms with Crippen LogP contribution in [0.1, 0.15) is 31.0 Å². The van der Waals surface area contributed by atoms with Crippen molar-refractivity contribution in [3.63, 3.8) is 0 Å². The lowest BCUT2D eigenvalue weighted by Crippen LogP contribution is -2.34. The molecule has 6 rings (SSSR count). The van der Waals surface area contributed by atoms with Gasteiger partial charge in [0.05, 0.1) is 11.9 Å². The Morgan fingerprint density at radius 2 is 2.03 bits per heavy atom. The number of H-pyrrole nitrogens is 1. The van der Waals surface area contributed by atoms with E-state index in [2.05, 4.69) is 46.1 Å². The molecule has 1 aliphatic carbocycles. The van der Waals surface area contributed by atoms with E-state index in [4.69, 9.17) is 0 Å². The van der Waals surface area contributed by atoms with Crippen LogP contribution in [0, 0.1) is 11.8 Å². The maximum absolute atomic E-state index is 12.8. The second-order valence-corrected chi connectivity index (χ2v) is 9.22. The normalized spacial score (nSPS) is 23.7. The van der Waals surface area contributed by atoms with Gasteiger partial charge in [-0.1, -0.05) is 19.1 Å². The van der Waals surface area contributed by atoms with Crippen molar-refractivity contribution in [2.75, 3.05) is 6.54 Å². The average molecular weight is 399 g/mol. The topological polar surface area (TPSA) is 53.9 Å². The van der Waals surface area contributed by atoms with Crippen molar-refractivity contribution in [2.45, 2.75) is 38.9 Å². The fourth-order valence-electron chi connectivity index (χ4n) is 5.58. The van der Waals surface area contributed by atoms with Crippen LogP contribution in [0.3, 0.4) is 0 Å². The van der Waals surface area contributed by atoms with Crippen LogP contribution in [0.5, 0.6) is 0 Å². The molecule has 152 valence electrons. The highest BCUT2D eigenvalue weighted by atomic mass is 16.1. The Labute approximate surface area is 175 Å². The van der Waals surface area contributed by atoms with E-state index in [1.54, 1.807) is 17.0 Å². The van der Waals surface area contributed by atoms with E-state index >= 15 is 0 Å². The third kappa shape index (κ3) is 2.96. The highest BCUT2D eigenvalue weighted by Gasteiger charge is 2.42. The van der Waals surface area contributed by atoms with Gasteiger partial charge in [-0.05, 0) is 65.3 Å². The standard InChI is InChI=1S/C25H26N4O/c1-16-8-22-11-20(16)14-29(22)15-21-10-19-3-2-17(9-24(19)27-21)13-28-7-5-18-4-6-26-12-23(18)25(28)30/h2-7,9-10,12,16,20,22,27H,8,11,13-15H2,1H3. The lowest BCUT2D eigenvalue weighted by atomic mass is 9.97. The first-order valence-electron chi connectivity index (χ1n) is 10.9. The molecule has 3 aromatic heterocycles. The van der Waals surface area contributed by atoms with Gasteiger partial charge in [0, 0.05) is 48.9 Å². The van der Waals surface area contributed by atoms with E-state index < -0.39 is 0 Å². The highest BCUT2D eigenvalue weighted by molar-refractivity contribution is 5.81. The quantitative estimate of drug-likeness (QED) is 0.562. The summed E-state index contributed by atoms with van der Waals surface area (Å²) in [6.07, 6.45) is 7.97. The summed E-state index contributed by atoms with van der Waals surface area (Å²) >= 11 is 0. The van der Waals surface area contributed by atoms with Crippen molar-refractivity contribution in [1.29, 1.82) is 0 Å². The summed E-state index contributed by atoms with van der Waals surface area (Å²) in [4.78, 5) is 23.2. The Balaban J connectivity index is 1.25. The Bertz CT molecular complexity index is 1300. The number of piperidine rings is 1. The number of nitrogens with zero attached hydrogens (tertiary/aromatic N) is 3. The van der Waals surface area contributed by atoms with Crippen molar-refractivity contribution >= 4 is 21.7 Å². The summed E-state index contributed by atoms with van der Waals surface area (Å²) in [6, 6.07) is 13.4. The maximum atomic E-state index is 12.8. The molecule has 1 aromatic carbocycles. The van der Waals surface area contributed by atoms with Crippen molar-refractivity contribution in [2.24, 2.45) is 11.8 Å². The highest BCUT2D eigenvalue weighted by Crippen LogP contribution is 2.42. The van der Waals surface area contributed by atoms with Crippen LogP contribution in [0.25, 0.3) is 21.7 Å². The van der Waals surface area contributed by atoms with Crippen LogP contribution in [0.4, 0.5) is 0 Å². The van der Waals surface area contributed by atoms with Gasteiger partial charge >= 0.3 is 0 Å². The molecule has 5 heteroatoms. The molecule has 2 bridgehead atoms. The summed E-state index contributed by atoms with van der Waals surface area (Å²) in [5.41, 5.74) is 3.56. The second-order valence-electron chi connectivity index (χ2n) is 9.22. The Morgan fingerprint density at radius 3 is 2.87 bits per heavy atom. The van der Waals surface area contributed by atoms with Gasteiger partial charge in [0.1, 0.15) is 0 Å². The van der Waals surface area contributed by atoms with Gasteiger partial charge in [-0.3, -0.25) is 14.7 Å². The molecule has 3 atom stereocenters. The van der Waals surface area contributed by atoms with E-state index in [1.165, 1.54) is 30.5 Å². The number of hydrogen-bond acceptors (Lipinski definition) is 3. The molecule has 2 aliphatic rings. The van der Waals surface area contributed by atoms with Gasteiger partial charge in [-0.15, -0.1) is 0 Å². The third-order valence-corrected chi connectivity index (χ3v) is 7.26. The molecule has 1 N–H and O–H groups in total. The molecular weight excluding hydrogens is 372 g/mol. The molecule has 0 radical (unpaired) electrons. The van der Waals surface area contributed by atoms with Crippen LogP contribution in [0.2, 0.25) is 0 Å². The van der Waals surface area contributed by atoms with Crippen molar-refractivity contribution in [3.8, 4) is 0 Å². The number of hydrogen-bond donors (Lipinski definition) is 1. The molecule has 1 saturated carbocycles. The van der Waals surface area contributed by atoms with Crippen LogP contribution in [-0.2, 0) is 13.1 Å². The zero-order chi connectivity index (χ0) is 20.2. The lowest BCUT2D eigenvalue weighted by Gasteiger charge is -2.29. The lowest BCUT2D eigenvalue weighted by molar-refractivity contribution is 0.173. The van der Waals surface area contributed by atoms with Crippen LogP contribution < -0.4 is 5.56 Å². The molecule has 2 fully saturated rings. The molecule has 0 amide bonds. The zero-order valence-corrected chi connectivity index (χ0v) is 17.2. The van der Waals surface area contributed by atoms with Gasteiger partial charge in [0.25, 0.3) is 5.56 Å². The van der Waals surface area contributed by atoms with Gasteiger partial charge in [0.2, 0.25) is 0 Å². The number of rotatable bonds is 4. The van der Waals surface area contributed by atoms with E-state index in [0.717, 1.165) is 40.9 Å². The van der Waals surface area contributed by atoms with Crippen LogP contribution in [-0.4, -0.2) is 32.0 Å². The van der Waals surface area contributed by atoms with Crippen LogP contribution >= 0.6 is 0 Å². The fraction of sp³-hybridized carbons (Fsp3) is 0.360. The Hall–Kier alpha value is -2.92. The number of aromatic nitrogens is 3. The van der Waals surface area contributed by atoms with Crippen molar-refractivity contribution in [3.05, 3.63) is 76.6 Å². The van der Waals surface area contributed by atoms with E-state index in [1.807, 2.05) is 18.3 Å². The number of benzene rings is 1. The minimum Gasteiger partial charge on any atom is -0.357 e. The first-order valence-corrected chi connectivity index (χ1v) is 10.9. The molecule has 0 spiro atoms. The van der Waals surface area contributed by atoms with Crippen molar-refractivity contribution in [1.82, 2.24) is 19.4 Å². The van der Waals surface area contributed by atoms with Crippen molar-refractivity contribution < 1.29 is 0 Å². The molecule has 4 heterocycles. The third-order valence-electron chi connectivity index (χ3n) is 7.26. The largest absolute Gasteiger partial charge is 0.357 e. The minimum atomic E-state index is 0.00573. The number of nitrogens with one attached hydrogen (secondary N) is 1. The number of likely N-dealkylation sites (tertiary alicyclic amines) is 1. The number of aromatic amines is 1. The summed E-state index contributed by atoms with van der Waals surface area (Å²) in [7, 11) is 0. The van der Waals surface area contributed by atoms with Gasteiger partial charge in [-0.25, -0.2) is 0 Å². The van der Waals surface area contributed by atoms with Gasteiger partial charge in [-0.2, -0.15) is 0 Å². The number of pyridine rings is 2. The fourth-order valence-corrected chi connectivity index (χ4v) is 5.58. The first-order chi connectivity index (χ1) is 14.6. The monoisotopic (exact) mass is 398 g/mol. The average Bonchev–Trinajstić information content (AvgIpc) is 3.43. The molecular formula is C25H26N4O. The molecule has 5 nitrogen and oxygen atoms in total. The Morgan fingerprint density at radius 1 is 1.10 bits per heavy atom. The van der Waals surface area contributed by atoms with E-state index in [-0.39, 0.29) is 5.56 Å². The summed E-state index contributed by atoms with van der Waals surface area (Å²) in [6.45, 7) is 5.22. The van der Waals surface area contributed by atoms with E-state index in [0.29, 0.717) is 11.9 Å². The van der Waals surface area contributed by atoms with Crippen LogP contribution in [0.15, 0.2) is 59.8 Å². The SMILES string of the molecule is CC1CC2CC1CN2Cc1cc2ccc(Cn3ccc4ccncc4c3=O)cc2[nH]1. The van der Waals surface area contributed by atoms with Gasteiger partial charge in [0.15, 0.2) is 0 Å². The minimum absolute atomic E-state index is 0.00573. The van der Waals surface area contributed by atoms with E-state index in [9.17, 15) is 4.79 Å². The molecule has 1 saturated heterocycles. The zero-order valence-electron chi connectivity index (χ0n) is 17.2.